The standard InChI is InChI=1S/C27H19ClN6O/c1-33-23(13-14-31-33)18-5-7-19(8-6-18)25-21(17-9-11-20(28)12-10-17)3-2-4-24(25)34-26-22(15-32-34)27(35)30-16-29-26/h2-16H,1H3,(H,29,30,35). The average molecular weight is 479 g/mol. The smallest absolute Gasteiger partial charge is 0.261 e. The second-order valence-electron chi connectivity index (χ2n) is 8.15. The fourth-order valence-electron chi connectivity index (χ4n) is 4.39. The van der Waals surface area contributed by atoms with E-state index < -0.39 is 0 Å². The Morgan fingerprint density at radius 3 is 2.34 bits per heavy atom. The Morgan fingerprint density at radius 2 is 1.60 bits per heavy atom. The third-order valence-electron chi connectivity index (χ3n) is 6.09. The maximum Gasteiger partial charge on any atom is 0.261 e. The summed E-state index contributed by atoms with van der Waals surface area (Å²) in [5, 5.41) is 9.92. The largest absolute Gasteiger partial charge is 0.312 e. The van der Waals surface area contributed by atoms with Crippen LogP contribution in [0, 0.1) is 0 Å². The maximum atomic E-state index is 12.3. The van der Waals surface area contributed by atoms with Crippen molar-refractivity contribution >= 4 is 22.6 Å². The molecule has 0 atom stereocenters. The zero-order valence-electron chi connectivity index (χ0n) is 18.7. The van der Waals surface area contributed by atoms with Gasteiger partial charge >= 0.3 is 0 Å². The number of rotatable bonds is 4. The van der Waals surface area contributed by atoms with E-state index in [9.17, 15) is 4.79 Å². The van der Waals surface area contributed by atoms with Crippen LogP contribution in [0.3, 0.4) is 0 Å². The molecule has 0 amide bonds. The van der Waals surface area contributed by atoms with Gasteiger partial charge in [-0.1, -0.05) is 60.1 Å². The summed E-state index contributed by atoms with van der Waals surface area (Å²) in [7, 11) is 1.93. The summed E-state index contributed by atoms with van der Waals surface area (Å²) >= 11 is 6.17. The topological polar surface area (TPSA) is 81.4 Å². The number of nitrogens with zero attached hydrogens (tertiary/aromatic N) is 5. The highest BCUT2D eigenvalue weighted by molar-refractivity contribution is 6.30. The van der Waals surface area contributed by atoms with E-state index in [0.29, 0.717) is 16.1 Å². The maximum absolute atomic E-state index is 12.3. The quantitative estimate of drug-likeness (QED) is 0.363. The average Bonchev–Trinajstić information content (AvgIpc) is 3.51. The van der Waals surface area contributed by atoms with Gasteiger partial charge in [0.25, 0.3) is 5.56 Å². The Kier molecular flexibility index (Phi) is 5.04. The lowest BCUT2D eigenvalue weighted by atomic mass is 9.92. The van der Waals surface area contributed by atoms with Crippen molar-refractivity contribution in [3.8, 4) is 39.2 Å². The fourth-order valence-corrected chi connectivity index (χ4v) is 4.51. The van der Waals surface area contributed by atoms with E-state index in [0.717, 1.165) is 39.2 Å². The number of halogens is 1. The number of aryl methyl sites for hydroxylation is 1. The van der Waals surface area contributed by atoms with E-state index in [1.54, 1.807) is 17.1 Å². The number of fused-ring (bicyclic) bond motifs is 1. The highest BCUT2D eigenvalue weighted by atomic mass is 35.5. The molecule has 0 radical (unpaired) electrons. The van der Waals surface area contributed by atoms with Gasteiger partial charge in [0.1, 0.15) is 5.39 Å². The molecule has 6 rings (SSSR count). The van der Waals surface area contributed by atoms with Crippen LogP contribution >= 0.6 is 11.6 Å². The lowest BCUT2D eigenvalue weighted by molar-refractivity contribution is 0.776. The van der Waals surface area contributed by atoms with Crippen LogP contribution in [0.1, 0.15) is 0 Å². The molecule has 0 aliphatic carbocycles. The Hall–Kier alpha value is -4.49. The molecule has 0 unspecified atom stereocenters. The SMILES string of the molecule is Cn1nccc1-c1ccc(-c2c(-c3ccc(Cl)cc3)cccc2-n2ncc3c(=O)[nH]cnc32)cc1. The highest BCUT2D eigenvalue weighted by Crippen LogP contribution is 2.38. The summed E-state index contributed by atoms with van der Waals surface area (Å²) in [5.41, 5.74) is 7.20. The van der Waals surface area contributed by atoms with Gasteiger partial charge in [0, 0.05) is 23.8 Å². The Labute approximate surface area is 205 Å². The molecule has 1 N–H and O–H groups in total. The molecule has 170 valence electrons. The second-order valence-corrected chi connectivity index (χ2v) is 8.59. The van der Waals surface area contributed by atoms with Gasteiger partial charge in [-0.05, 0) is 46.5 Å². The van der Waals surface area contributed by atoms with Crippen molar-refractivity contribution in [1.29, 1.82) is 0 Å². The first-order chi connectivity index (χ1) is 17.1. The molecule has 35 heavy (non-hydrogen) atoms. The summed E-state index contributed by atoms with van der Waals surface area (Å²) in [6.45, 7) is 0. The van der Waals surface area contributed by atoms with Crippen molar-refractivity contribution in [3.63, 3.8) is 0 Å². The van der Waals surface area contributed by atoms with Crippen molar-refractivity contribution in [3.05, 3.63) is 107 Å². The summed E-state index contributed by atoms with van der Waals surface area (Å²) in [5.74, 6) is 0. The highest BCUT2D eigenvalue weighted by Gasteiger charge is 2.18. The first kappa shape index (κ1) is 21.1. The molecule has 8 heteroatoms. The van der Waals surface area contributed by atoms with E-state index >= 15 is 0 Å². The molecule has 0 aliphatic heterocycles. The molecule has 7 nitrogen and oxygen atoms in total. The van der Waals surface area contributed by atoms with Gasteiger partial charge in [-0.2, -0.15) is 10.2 Å². The zero-order chi connectivity index (χ0) is 23.9. The molecule has 3 aromatic heterocycles. The number of aromatic nitrogens is 6. The fraction of sp³-hybridized carbons (Fsp3) is 0.0370. The minimum Gasteiger partial charge on any atom is -0.312 e. The number of hydrogen-bond acceptors (Lipinski definition) is 4. The van der Waals surface area contributed by atoms with Crippen molar-refractivity contribution in [1.82, 2.24) is 29.5 Å². The molecule has 0 saturated carbocycles. The van der Waals surface area contributed by atoms with E-state index in [2.05, 4.69) is 50.5 Å². The van der Waals surface area contributed by atoms with Gasteiger partial charge in [-0.3, -0.25) is 9.48 Å². The van der Waals surface area contributed by atoms with Crippen molar-refractivity contribution in [2.45, 2.75) is 0 Å². The van der Waals surface area contributed by atoms with Gasteiger partial charge in [0.2, 0.25) is 0 Å². The molecule has 6 aromatic rings. The van der Waals surface area contributed by atoms with Crippen LogP contribution in [0.15, 0.2) is 96.3 Å². The zero-order valence-corrected chi connectivity index (χ0v) is 19.4. The number of hydrogen-bond donors (Lipinski definition) is 1. The molecule has 0 bridgehead atoms. The number of H-pyrrole nitrogens is 1. The summed E-state index contributed by atoms with van der Waals surface area (Å²) in [6, 6.07) is 24.1. The van der Waals surface area contributed by atoms with Crippen LogP contribution in [0.25, 0.3) is 50.2 Å². The van der Waals surface area contributed by atoms with Crippen LogP contribution in [-0.2, 0) is 7.05 Å². The Balaban J connectivity index is 1.60. The van der Waals surface area contributed by atoms with Crippen LogP contribution < -0.4 is 5.56 Å². The molecular weight excluding hydrogens is 460 g/mol. The normalized spacial score (nSPS) is 11.3. The Morgan fingerprint density at radius 1 is 0.857 bits per heavy atom. The van der Waals surface area contributed by atoms with Crippen LogP contribution in [0.2, 0.25) is 5.02 Å². The minimum absolute atomic E-state index is 0.225. The first-order valence-corrected chi connectivity index (χ1v) is 11.4. The monoisotopic (exact) mass is 478 g/mol. The summed E-state index contributed by atoms with van der Waals surface area (Å²) in [4.78, 5) is 19.3. The summed E-state index contributed by atoms with van der Waals surface area (Å²) < 4.78 is 3.57. The minimum atomic E-state index is -0.225. The number of nitrogens with one attached hydrogen (secondary N) is 1. The molecular formula is C27H19ClN6O. The van der Waals surface area contributed by atoms with E-state index in [4.69, 9.17) is 11.6 Å². The molecule has 0 fully saturated rings. The summed E-state index contributed by atoms with van der Waals surface area (Å²) in [6.07, 6.45) is 4.73. The lowest BCUT2D eigenvalue weighted by Gasteiger charge is -2.17. The predicted octanol–water partition coefficient (Wildman–Crippen LogP) is 5.50. The van der Waals surface area contributed by atoms with E-state index in [-0.39, 0.29) is 5.56 Å². The third kappa shape index (κ3) is 3.62. The lowest BCUT2D eigenvalue weighted by Crippen LogP contribution is -2.07. The van der Waals surface area contributed by atoms with Crippen LogP contribution in [0.5, 0.6) is 0 Å². The van der Waals surface area contributed by atoms with Gasteiger partial charge in [-0.15, -0.1) is 0 Å². The predicted molar refractivity (Wildman–Crippen MR) is 138 cm³/mol. The first-order valence-electron chi connectivity index (χ1n) is 11.0. The van der Waals surface area contributed by atoms with Gasteiger partial charge in [0.15, 0.2) is 5.65 Å². The molecule has 0 saturated heterocycles. The Bertz CT molecular complexity index is 1730. The molecule has 0 spiro atoms. The van der Waals surface area contributed by atoms with Crippen molar-refractivity contribution in [2.75, 3.05) is 0 Å². The van der Waals surface area contributed by atoms with Crippen molar-refractivity contribution < 1.29 is 0 Å². The third-order valence-corrected chi connectivity index (χ3v) is 6.34. The van der Waals surface area contributed by atoms with Gasteiger partial charge in [-0.25, -0.2) is 9.67 Å². The molecule has 0 aliphatic rings. The van der Waals surface area contributed by atoms with Crippen molar-refractivity contribution in [2.24, 2.45) is 7.05 Å². The number of benzene rings is 3. The van der Waals surface area contributed by atoms with Crippen LogP contribution in [0.4, 0.5) is 0 Å². The van der Waals surface area contributed by atoms with Gasteiger partial charge in [0.05, 0.1) is 23.9 Å². The molecule has 3 aromatic carbocycles. The number of aromatic amines is 1. The van der Waals surface area contributed by atoms with Crippen LogP contribution in [-0.4, -0.2) is 29.5 Å². The molecule has 3 heterocycles. The van der Waals surface area contributed by atoms with E-state index in [1.807, 2.05) is 54.2 Å². The van der Waals surface area contributed by atoms with Gasteiger partial charge < -0.3 is 4.98 Å². The van der Waals surface area contributed by atoms with E-state index in [1.165, 1.54) is 6.33 Å². The second kappa shape index (κ2) is 8.38.